The molecular weight excluding hydrogens is 228 g/mol. The molecule has 2 N–H and O–H groups in total. The number of ether oxygens (including phenoxy) is 1. The quantitative estimate of drug-likeness (QED) is 0.755. The molecule has 0 aliphatic heterocycles. The average Bonchev–Trinajstić information content (AvgIpc) is 2.38. The predicted molar refractivity (Wildman–Crippen MR) is 73.3 cm³/mol. The molecule has 0 atom stereocenters. The van der Waals surface area contributed by atoms with Gasteiger partial charge in [0.05, 0.1) is 19.1 Å². The number of carbonyl (C=O) groups is 1. The van der Waals surface area contributed by atoms with Crippen molar-refractivity contribution >= 4 is 5.91 Å². The van der Waals surface area contributed by atoms with Gasteiger partial charge in [-0.1, -0.05) is 6.92 Å². The standard InChI is InChI=1S/C14H28N2O2/c1-12-4-6-13(7-5-12)18-11-8-14(17)16(2)10-3-9-15/h12-13H,3-11,15H2,1-2H3. The number of carbonyl (C=O) groups excluding carboxylic acids is 1. The van der Waals surface area contributed by atoms with E-state index in [0.717, 1.165) is 31.7 Å². The van der Waals surface area contributed by atoms with Gasteiger partial charge in [-0.3, -0.25) is 4.79 Å². The number of amides is 1. The summed E-state index contributed by atoms with van der Waals surface area (Å²) >= 11 is 0. The molecule has 0 heterocycles. The predicted octanol–water partition coefficient (Wildman–Crippen LogP) is 1.78. The van der Waals surface area contributed by atoms with E-state index in [-0.39, 0.29) is 5.91 Å². The first-order valence-corrected chi connectivity index (χ1v) is 7.19. The van der Waals surface area contributed by atoms with Crippen LogP contribution in [0.3, 0.4) is 0 Å². The smallest absolute Gasteiger partial charge is 0.224 e. The SMILES string of the molecule is CC1CCC(OCCC(=O)N(C)CCCN)CC1. The molecule has 4 heteroatoms. The Morgan fingerprint density at radius 3 is 2.61 bits per heavy atom. The number of hydrogen-bond donors (Lipinski definition) is 1. The van der Waals surface area contributed by atoms with Crippen molar-refractivity contribution in [3.63, 3.8) is 0 Å². The van der Waals surface area contributed by atoms with Gasteiger partial charge in [0, 0.05) is 13.6 Å². The lowest BCUT2D eigenvalue weighted by atomic mass is 9.89. The van der Waals surface area contributed by atoms with Crippen LogP contribution in [-0.2, 0) is 9.53 Å². The first-order valence-electron chi connectivity index (χ1n) is 7.19. The van der Waals surface area contributed by atoms with Crippen molar-refractivity contribution in [3.05, 3.63) is 0 Å². The van der Waals surface area contributed by atoms with E-state index >= 15 is 0 Å². The van der Waals surface area contributed by atoms with Crippen molar-refractivity contribution in [2.75, 3.05) is 26.7 Å². The summed E-state index contributed by atoms with van der Waals surface area (Å²) in [5, 5.41) is 0. The van der Waals surface area contributed by atoms with Gasteiger partial charge >= 0.3 is 0 Å². The Balaban J connectivity index is 2.08. The van der Waals surface area contributed by atoms with Crippen LogP contribution < -0.4 is 5.73 Å². The van der Waals surface area contributed by atoms with Crippen LogP contribution in [0.2, 0.25) is 0 Å². The monoisotopic (exact) mass is 256 g/mol. The lowest BCUT2D eigenvalue weighted by Gasteiger charge is -2.26. The van der Waals surface area contributed by atoms with E-state index in [2.05, 4.69) is 6.92 Å². The fraction of sp³-hybridized carbons (Fsp3) is 0.929. The number of nitrogens with two attached hydrogens (primary N) is 1. The van der Waals surface area contributed by atoms with Crippen LogP contribution in [0, 0.1) is 5.92 Å². The highest BCUT2D eigenvalue weighted by molar-refractivity contribution is 5.75. The zero-order chi connectivity index (χ0) is 13.4. The summed E-state index contributed by atoms with van der Waals surface area (Å²) in [5.74, 6) is 1.00. The molecular formula is C14H28N2O2. The van der Waals surface area contributed by atoms with Gasteiger partial charge in [-0.2, -0.15) is 0 Å². The van der Waals surface area contributed by atoms with E-state index in [0.29, 0.717) is 25.7 Å². The maximum atomic E-state index is 11.7. The topological polar surface area (TPSA) is 55.6 Å². The Kier molecular flexibility index (Phi) is 7.28. The van der Waals surface area contributed by atoms with Crippen LogP contribution >= 0.6 is 0 Å². The van der Waals surface area contributed by atoms with Crippen LogP contribution in [0.15, 0.2) is 0 Å². The molecule has 0 aromatic heterocycles. The Morgan fingerprint density at radius 1 is 1.33 bits per heavy atom. The molecule has 1 saturated carbocycles. The van der Waals surface area contributed by atoms with Crippen LogP contribution in [0.5, 0.6) is 0 Å². The van der Waals surface area contributed by atoms with Gasteiger partial charge < -0.3 is 15.4 Å². The summed E-state index contributed by atoms with van der Waals surface area (Å²) in [5.41, 5.74) is 5.42. The fourth-order valence-electron chi connectivity index (χ4n) is 2.35. The van der Waals surface area contributed by atoms with Crippen molar-refractivity contribution in [2.24, 2.45) is 11.7 Å². The first kappa shape index (κ1) is 15.4. The minimum Gasteiger partial charge on any atom is -0.378 e. The van der Waals surface area contributed by atoms with Crippen molar-refractivity contribution in [2.45, 2.75) is 51.6 Å². The third kappa shape index (κ3) is 5.83. The lowest BCUT2D eigenvalue weighted by Crippen LogP contribution is -2.30. The third-order valence-corrected chi connectivity index (χ3v) is 3.76. The molecule has 0 saturated heterocycles. The summed E-state index contributed by atoms with van der Waals surface area (Å²) in [6.07, 6.45) is 6.56. The average molecular weight is 256 g/mol. The van der Waals surface area contributed by atoms with Crippen molar-refractivity contribution < 1.29 is 9.53 Å². The van der Waals surface area contributed by atoms with Crippen LogP contribution in [0.4, 0.5) is 0 Å². The molecule has 0 aromatic carbocycles. The molecule has 0 radical (unpaired) electrons. The van der Waals surface area contributed by atoms with Crippen molar-refractivity contribution in [1.82, 2.24) is 4.90 Å². The molecule has 1 rings (SSSR count). The first-order chi connectivity index (χ1) is 8.63. The van der Waals surface area contributed by atoms with E-state index < -0.39 is 0 Å². The van der Waals surface area contributed by atoms with Crippen LogP contribution in [0.25, 0.3) is 0 Å². The maximum Gasteiger partial charge on any atom is 0.224 e. The number of rotatable bonds is 7. The summed E-state index contributed by atoms with van der Waals surface area (Å²) in [7, 11) is 1.83. The van der Waals surface area contributed by atoms with E-state index in [9.17, 15) is 4.79 Å². The second kappa shape index (κ2) is 8.48. The normalized spacial score (nSPS) is 23.9. The molecule has 0 unspecified atom stereocenters. The number of hydrogen-bond acceptors (Lipinski definition) is 3. The molecule has 1 fully saturated rings. The zero-order valence-electron chi connectivity index (χ0n) is 11.9. The molecule has 0 aromatic rings. The molecule has 0 bridgehead atoms. The van der Waals surface area contributed by atoms with Gasteiger partial charge in [0.1, 0.15) is 0 Å². The van der Waals surface area contributed by atoms with E-state index in [1.807, 2.05) is 7.05 Å². The minimum absolute atomic E-state index is 0.160. The molecule has 0 spiro atoms. The van der Waals surface area contributed by atoms with Gasteiger partial charge in [-0.05, 0) is 44.6 Å². The second-order valence-corrected chi connectivity index (χ2v) is 5.46. The van der Waals surface area contributed by atoms with Gasteiger partial charge in [0.2, 0.25) is 5.91 Å². The fourth-order valence-corrected chi connectivity index (χ4v) is 2.35. The summed E-state index contributed by atoms with van der Waals surface area (Å²) < 4.78 is 5.78. The molecule has 1 aliphatic rings. The third-order valence-electron chi connectivity index (χ3n) is 3.76. The Hall–Kier alpha value is -0.610. The van der Waals surface area contributed by atoms with Gasteiger partial charge in [-0.15, -0.1) is 0 Å². The van der Waals surface area contributed by atoms with Crippen LogP contribution in [0.1, 0.15) is 45.4 Å². The van der Waals surface area contributed by atoms with Crippen LogP contribution in [-0.4, -0.2) is 43.7 Å². The molecule has 1 aliphatic carbocycles. The summed E-state index contributed by atoms with van der Waals surface area (Å²) in [6.45, 7) is 4.24. The molecule has 106 valence electrons. The van der Waals surface area contributed by atoms with Gasteiger partial charge in [-0.25, -0.2) is 0 Å². The molecule has 4 nitrogen and oxygen atoms in total. The van der Waals surface area contributed by atoms with Crippen molar-refractivity contribution in [3.8, 4) is 0 Å². The molecule has 1 amide bonds. The largest absolute Gasteiger partial charge is 0.378 e. The maximum absolute atomic E-state index is 11.7. The highest BCUT2D eigenvalue weighted by Gasteiger charge is 2.19. The second-order valence-electron chi connectivity index (χ2n) is 5.46. The summed E-state index contributed by atoms with van der Waals surface area (Å²) in [4.78, 5) is 13.5. The van der Waals surface area contributed by atoms with Gasteiger partial charge in [0.25, 0.3) is 0 Å². The minimum atomic E-state index is 0.160. The highest BCUT2D eigenvalue weighted by atomic mass is 16.5. The molecule has 18 heavy (non-hydrogen) atoms. The zero-order valence-corrected chi connectivity index (χ0v) is 11.9. The van der Waals surface area contributed by atoms with E-state index in [1.54, 1.807) is 4.90 Å². The highest BCUT2D eigenvalue weighted by Crippen LogP contribution is 2.25. The Bertz CT molecular complexity index is 238. The summed E-state index contributed by atoms with van der Waals surface area (Å²) in [6, 6.07) is 0. The van der Waals surface area contributed by atoms with E-state index in [1.165, 1.54) is 12.8 Å². The lowest BCUT2D eigenvalue weighted by molar-refractivity contribution is -0.131. The number of nitrogens with zero attached hydrogens (tertiary/aromatic N) is 1. The van der Waals surface area contributed by atoms with Gasteiger partial charge in [0.15, 0.2) is 0 Å². The Labute approximate surface area is 111 Å². The van der Waals surface area contributed by atoms with Crippen molar-refractivity contribution in [1.29, 1.82) is 0 Å². The van der Waals surface area contributed by atoms with E-state index in [4.69, 9.17) is 10.5 Å². The Morgan fingerprint density at radius 2 is 2.00 bits per heavy atom.